The molecule has 41 heavy (non-hydrogen) atoms. The Bertz CT molecular complexity index is 1690. The van der Waals surface area contributed by atoms with Crippen molar-refractivity contribution >= 4 is 44.4 Å². The van der Waals surface area contributed by atoms with Crippen LogP contribution in [0.3, 0.4) is 0 Å². The standard InChI is InChI=1S/C29H29N5O6S/c1-19-5-3-6-22(15-19)33-29(38)32-21-8-10-23(11-9-21)40-24-12-13-30-26(17-24)25-16-20(18-31-25)28(37)34-41(2,39)14-4-7-27(35)36/h3,5-6,8-18,31H,4,7H2,1-2H3,(H,35,36)(H2,32,33,38)(H,34,37,39). The normalized spacial score (nSPS) is 12.0. The number of hydrogen-bond acceptors (Lipinski definition) is 6. The van der Waals surface area contributed by atoms with E-state index in [1.165, 1.54) is 17.8 Å². The van der Waals surface area contributed by atoms with Crippen LogP contribution in [0.15, 0.2) is 79.1 Å². The molecule has 1 atom stereocenters. The second kappa shape index (κ2) is 12.8. The lowest BCUT2D eigenvalue weighted by Crippen LogP contribution is -2.30. The Hall–Kier alpha value is -5.10. The Morgan fingerprint density at radius 3 is 2.49 bits per heavy atom. The van der Waals surface area contributed by atoms with Gasteiger partial charge in [0.15, 0.2) is 0 Å². The van der Waals surface area contributed by atoms with E-state index in [0.717, 1.165) is 5.56 Å². The van der Waals surface area contributed by atoms with E-state index >= 15 is 0 Å². The molecule has 2 aromatic carbocycles. The van der Waals surface area contributed by atoms with Crippen molar-refractivity contribution in [3.8, 4) is 22.9 Å². The van der Waals surface area contributed by atoms with E-state index in [9.17, 15) is 18.6 Å². The largest absolute Gasteiger partial charge is 0.481 e. The molecule has 1 unspecified atom stereocenters. The van der Waals surface area contributed by atoms with Crippen LogP contribution in [0.25, 0.3) is 11.4 Å². The number of carboxylic acids is 1. The monoisotopic (exact) mass is 575 g/mol. The molecule has 0 aliphatic rings. The average Bonchev–Trinajstić information content (AvgIpc) is 3.40. The minimum atomic E-state index is -2.86. The van der Waals surface area contributed by atoms with Crippen molar-refractivity contribution in [2.75, 3.05) is 16.9 Å². The summed E-state index contributed by atoms with van der Waals surface area (Å²) in [4.78, 5) is 42.9. The summed E-state index contributed by atoms with van der Waals surface area (Å²) < 4.78 is 20.9. The third kappa shape index (κ3) is 8.70. The fourth-order valence-electron chi connectivity index (χ4n) is 3.75. The zero-order valence-corrected chi connectivity index (χ0v) is 23.2. The zero-order valence-electron chi connectivity index (χ0n) is 22.3. The number of carbonyl (C=O) groups excluding carboxylic acids is 2. The number of aliphatic carboxylic acids is 1. The maximum Gasteiger partial charge on any atom is 0.323 e. The van der Waals surface area contributed by atoms with E-state index in [1.807, 2.05) is 31.2 Å². The lowest BCUT2D eigenvalue weighted by atomic mass is 10.2. The number of aryl methyl sites for hydroxylation is 1. The van der Waals surface area contributed by atoms with Crippen LogP contribution in [-0.2, 0) is 14.5 Å². The molecule has 2 heterocycles. The minimum absolute atomic E-state index is 0.0720. The van der Waals surface area contributed by atoms with E-state index in [1.54, 1.807) is 48.7 Å². The first kappa shape index (κ1) is 28.9. The molecule has 0 aliphatic carbocycles. The molecule has 4 rings (SSSR count). The number of amides is 3. The van der Waals surface area contributed by atoms with E-state index in [-0.39, 0.29) is 24.4 Å². The summed E-state index contributed by atoms with van der Waals surface area (Å²) in [5, 5.41) is 15.6. The van der Waals surface area contributed by atoms with Crippen molar-refractivity contribution in [3.05, 3.63) is 90.3 Å². The van der Waals surface area contributed by atoms with Gasteiger partial charge in [0, 0.05) is 52.2 Å². The Kier molecular flexibility index (Phi) is 9.05. The number of aromatic amines is 1. The molecule has 0 spiro atoms. The second-order valence-corrected chi connectivity index (χ2v) is 11.5. The summed E-state index contributed by atoms with van der Waals surface area (Å²) >= 11 is 0. The fourth-order valence-corrected chi connectivity index (χ4v) is 4.88. The molecular weight excluding hydrogens is 546 g/mol. The molecule has 12 heteroatoms. The number of rotatable bonds is 10. The molecule has 0 saturated heterocycles. The van der Waals surface area contributed by atoms with Gasteiger partial charge in [-0.2, -0.15) is 0 Å². The lowest BCUT2D eigenvalue weighted by molar-refractivity contribution is -0.136. The van der Waals surface area contributed by atoms with Gasteiger partial charge in [0.25, 0.3) is 5.91 Å². The van der Waals surface area contributed by atoms with Gasteiger partial charge in [-0.1, -0.05) is 12.1 Å². The summed E-state index contributed by atoms with van der Waals surface area (Å²) in [7, 11) is -2.86. The number of anilines is 2. The smallest absolute Gasteiger partial charge is 0.323 e. The molecular formula is C29H29N5O6S. The first-order valence-corrected chi connectivity index (χ1v) is 14.5. The molecule has 4 aromatic rings. The van der Waals surface area contributed by atoms with Gasteiger partial charge in [-0.15, -0.1) is 0 Å². The van der Waals surface area contributed by atoms with Gasteiger partial charge in [0.2, 0.25) is 0 Å². The maximum absolute atomic E-state index is 12.6. The van der Waals surface area contributed by atoms with Gasteiger partial charge in [0.05, 0.1) is 17.0 Å². The number of nitrogens with zero attached hydrogens (tertiary/aromatic N) is 1. The number of carboxylic acid groups (broad SMARTS) is 1. The van der Waals surface area contributed by atoms with Gasteiger partial charge >= 0.3 is 12.0 Å². The molecule has 212 valence electrons. The topological polar surface area (TPSA) is 163 Å². The fraction of sp³-hybridized carbons (Fsp3) is 0.138. The number of urea groups is 1. The molecule has 11 nitrogen and oxygen atoms in total. The quantitative estimate of drug-likeness (QED) is 0.165. The summed E-state index contributed by atoms with van der Waals surface area (Å²) in [6.45, 7) is 1.95. The number of hydrogen-bond donors (Lipinski definition) is 5. The van der Waals surface area contributed by atoms with Gasteiger partial charge < -0.3 is 25.5 Å². The van der Waals surface area contributed by atoms with Crippen molar-refractivity contribution in [3.63, 3.8) is 0 Å². The lowest BCUT2D eigenvalue weighted by Gasteiger charge is -2.10. The van der Waals surface area contributed by atoms with E-state index in [2.05, 4.69) is 25.3 Å². The molecule has 0 bridgehead atoms. The summed E-state index contributed by atoms with van der Waals surface area (Å²) in [5.41, 5.74) is 3.62. The highest BCUT2D eigenvalue weighted by Gasteiger charge is 2.14. The van der Waals surface area contributed by atoms with Crippen molar-refractivity contribution in [2.45, 2.75) is 19.8 Å². The third-order valence-corrected chi connectivity index (χ3v) is 7.13. The molecule has 0 aliphatic heterocycles. The first-order valence-electron chi connectivity index (χ1n) is 12.5. The zero-order chi connectivity index (χ0) is 29.4. The highest BCUT2D eigenvalue weighted by molar-refractivity contribution is 7.99. The molecule has 0 fully saturated rings. The molecule has 0 radical (unpaired) electrons. The van der Waals surface area contributed by atoms with E-state index in [0.29, 0.717) is 34.3 Å². The number of pyridine rings is 1. The summed E-state index contributed by atoms with van der Waals surface area (Å²) in [6.07, 6.45) is 4.26. The van der Waals surface area contributed by atoms with Crippen LogP contribution in [0.5, 0.6) is 11.5 Å². The van der Waals surface area contributed by atoms with E-state index < -0.39 is 21.6 Å². The van der Waals surface area contributed by atoms with Crippen LogP contribution in [0.2, 0.25) is 0 Å². The summed E-state index contributed by atoms with van der Waals surface area (Å²) in [5.74, 6) is -0.544. The highest BCUT2D eigenvalue weighted by Crippen LogP contribution is 2.26. The van der Waals surface area contributed by atoms with Crippen molar-refractivity contribution in [1.29, 1.82) is 0 Å². The third-order valence-electron chi connectivity index (χ3n) is 5.67. The Morgan fingerprint density at radius 2 is 1.76 bits per heavy atom. The minimum Gasteiger partial charge on any atom is -0.481 e. The highest BCUT2D eigenvalue weighted by atomic mass is 32.2. The number of benzene rings is 2. The SMILES string of the molecule is Cc1cccc(NC(=O)Nc2ccc(Oc3ccnc(-c4cc(C(=O)NS(C)(=O)=CCCC(=O)O)c[nH]4)c3)cc2)c1. The number of H-pyrrole nitrogens is 1. The molecule has 5 N–H and O–H groups in total. The maximum atomic E-state index is 12.6. The number of carbonyl (C=O) groups is 3. The van der Waals surface area contributed by atoms with Crippen molar-refractivity contribution < 1.29 is 28.4 Å². The van der Waals surface area contributed by atoms with Crippen LogP contribution < -0.4 is 20.1 Å². The van der Waals surface area contributed by atoms with Gasteiger partial charge in [-0.3, -0.25) is 19.3 Å². The number of nitrogens with one attached hydrogen (secondary N) is 4. The van der Waals surface area contributed by atoms with Crippen LogP contribution >= 0.6 is 0 Å². The van der Waals surface area contributed by atoms with Gasteiger partial charge in [0.1, 0.15) is 11.5 Å². The Balaban J connectivity index is 1.36. The van der Waals surface area contributed by atoms with Crippen molar-refractivity contribution in [2.24, 2.45) is 0 Å². The van der Waals surface area contributed by atoms with E-state index in [4.69, 9.17) is 9.84 Å². The first-order chi connectivity index (χ1) is 19.6. The average molecular weight is 576 g/mol. The summed E-state index contributed by atoms with van der Waals surface area (Å²) in [6, 6.07) is 18.9. The molecule has 0 saturated carbocycles. The van der Waals surface area contributed by atoms with Crippen LogP contribution in [-0.4, -0.2) is 48.8 Å². The molecule has 2 aromatic heterocycles. The Labute approximate surface area is 237 Å². The van der Waals surface area contributed by atoms with Crippen LogP contribution in [0.1, 0.15) is 28.8 Å². The number of aromatic nitrogens is 2. The van der Waals surface area contributed by atoms with Crippen molar-refractivity contribution in [1.82, 2.24) is 14.7 Å². The van der Waals surface area contributed by atoms with Crippen LogP contribution in [0.4, 0.5) is 16.2 Å². The van der Waals surface area contributed by atoms with Gasteiger partial charge in [-0.05, 0) is 72.8 Å². The van der Waals surface area contributed by atoms with Crippen LogP contribution in [0, 0.1) is 6.92 Å². The second-order valence-electron chi connectivity index (χ2n) is 9.19. The van der Waals surface area contributed by atoms with Gasteiger partial charge in [-0.25, -0.2) is 9.00 Å². The predicted molar refractivity (Wildman–Crippen MR) is 159 cm³/mol. The number of ether oxygens (including phenoxy) is 1. The predicted octanol–water partition coefficient (Wildman–Crippen LogP) is 5.05. The Morgan fingerprint density at radius 1 is 1.00 bits per heavy atom. The molecule has 3 amide bonds.